The molecule has 3 aromatic rings. The van der Waals surface area contributed by atoms with Crippen molar-refractivity contribution in [3.63, 3.8) is 0 Å². The number of para-hydroxylation sites is 2. The van der Waals surface area contributed by atoms with Gasteiger partial charge < -0.3 is 15.6 Å². The molecular formula is C13H14N6. The largest absolute Gasteiger partial charge is 0.381 e. The zero-order valence-corrected chi connectivity index (χ0v) is 10.5. The lowest BCUT2D eigenvalue weighted by Crippen LogP contribution is -2.09. The van der Waals surface area contributed by atoms with Gasteiger partial charge >= 0.3 is 0 Å². The van der Waals surface area contributed by atoms with E-state index in [-0.39, 0.29) is 0 Å². The number of nitrogen functional groups attached to an aromatic ring is 1. The Labute approximate surface area is 110 Å². The number of nitrogens with zero attached hydrogens (tertiary/aromatic N) is 4. The Morgan fingerprint density at radius 3 is 2.63 bits per heavy atom. The summed E-state index contributed by atoms with van der Waals surface area (Å²) < 4.78 is 1.94. The van der Waals surface area contributed by atoms with E-state index in [9.17, 15) is 0 Å². The van der Waals surface area contributed by atoms with Crippen LogP contribution in [0.4, 0.5) is 11.6 Å². The molecule has 0 bridgehead atoms. The van der Waals surface area contributed by atoms with Gasteiger partial charge in [-0.1, -0.05) is 12.1 Å². The number of hydrogen-bond acceptors (Lipinski definition) is 5. The highest BCUT2D eigenvalue weighted by Crippen LogP contribution is 2.18. The molecule has 0 aliphatic heterocycles. The average molecular weight is 254 g/mol. The second-order valence-electron chi connectivity index (χ2n) is 4.25. The van der Waals surface area contributed by atoms with Crippen molar-refractivity contribution in [3.8, 4) is 0 Å². The Balaban J connectivity index is 1.88. The molecule has 0 fully saturated rings. The SMILES string of the molecule is Cn1ccnc1CNc1nc2ccccc2nc1N. The van der Waals surface area contributed by atoms with Gasteiger partial charge in [-0.2, -0.15) is 0 Å². The highest BCUT2D eigenvalue weighted by Gasteiger charge is 2.06. The second-order valence-corrected chi connectivity index (χ2v) is 4.25. The van der Waals surface area contributed by atoms with E-state index >= 15 is 0 Å². The van der Waals surface area contributed by atoms with Crippen LogP contribution in [0.1, 0.15) is 5.82 Å². The molecule has 6 heteroatoms. The van der Waals surface area contributed by atoms with Gasteiger partial charge in [0.1, 0.15) is 5.82 Å². The quantitative estimate of drug-likeness (QED) is 0.741. The number of nitrogens with two attached hydrogens (primary N) is 1. The second kappa shape index (κ2) is 4.56. The molecule has 3 rings (SSSR count). The summed E-state index contributed by atoms with van der Waals surface area (Å²) in [5.74, 6) is 1.89. The van der Waals surface area contributed by atoms with E-state index in [1.54, 1.807) is 6.20 Å². The third kappa shape index (κ3) is 2.20. The molecule has 0 aliphatic rings. The van der Waals surface area contributed by atoms with E-state index in [0.717, 1.165) is 16.9 Å². The first-order chi connectivity index (χ1) is 9.24. The molecule has 2 aromatic heterocycles. The third-order valence-corrected chi connectivity index (χ3v) is 2.93. The normalized spacial score (nSPS) is 10.8. The molecular weight excluding hydrogens is 240 g/mol. The van der Waals surface area contributed by atoms with Crippen LogP contribution >= 0.6 is 0 Å². The van der Waals surface area contributed by atoms with Gasteiger partial charge in [-0.15, -0.1) is 0 Å². The first-order valence-corrected chi connectivity index (χ1v) is 5.96. The van der Waals surface area contributed by atoms with E-state index < -0.39 is 0 Å². The highest BCUT2D eigenvalue weighted by atomic mass is 15.1. The standard InChI is InChI=1S/C13H14N6/c1-19-7-6-15-11(19)8-16-13-12(14)17-9-4-2-3-5-10(9)18-13/h2-7H,8H2,1H3,(H2,14,17)(H,16,18). The molecule has 0 saturated carbocycles. The molecule has 2 heterocycles. The fourth-order valence-corrected chi connectivity index (χ4v) is 1.87. The van der Waals surface area contributed by atoms with Crippen LogP contribution in [0.2, 0.25) is 0 Å². The summed E-state index contributed by atoms with van der Waals surface area (Å²) in [4.78, 5) is 13.0. The minimum absolute atomic E-state index is 0.396. The Morgan fingerprint density at radius 2 is 1.95 bits per heavy atom. The van der Waals surface area contributed by atoms with Crippen LogP contribution in [-0.4, -0.2) is 19.5 Å². The zero-order chi connectivity index (χ0) is 13.2. The maximum atomic E-state index is 5.90. The van der Waals surface area contributed by atoms with Gasteiger partial charge in [0.25, 0.3) is 0 Å². The number of rotatable bonds is 3. The molecule has 96 valence electrons. The summed E-state index contributed by atoms with van der Waals surface area (Å²) in [6.07, 6.45) is 3.65. The topological polar surface area (TPSA) is 81.7 Å². The minimum Gasteiger partial charge on any atom is -0.381 e. The van der Waals surface area contributed by atoms with Crippen molar-refractivity contribution >= 4 is 22.7 Å². The monoisotopic (exact) mass is 254 g/mol. The minimum atomic E-state index is 0.396. The van der Waals surface area contributed by atoms with Crippen molar-refractivity contribution in [2.45, 2.75) is 6.54 Å². The average Bonchev–Trinajstić information content (AvgIpc) is 2.82. The molecule has 0 spiro atoms. The summed E-state index contributed by atoms with van der Waals surface area (Å²) in [5, 5.41) is 3.17. The van der Waals surface area contributed by atoms with Crippen molar-refractivity contribution < 1.29 is 0 Å². The van der Waals surface area contributed by atoms with Gasteiger partial charge in [-0.3, -0.25) is 0 Å². The number of anilines is 2. The summed E-state index contributed by atoms with van der Waals surface area (Å²) in [6.45, 7) is 0.556. The zero-order valence-electron chi connectivity index (χ0n) is 10.5. The van der Waals surface area contributed by atoms with Crippen LogP contribution < -0.4 is 11.1 Å². The molecule has 0 unspecified atom stereocenters. The van der Waals surface area contributed by atoms with Crippen LogP contribution in [0.5, 0.6) is 0 Å². The molecule has 6 nitrogen and oxygen atoms in total. The smallest absolute Gasteiger partial charge is 0.169 e. The van der Waals surface area contributed by atoms with Crippen LogP contribution in [0.3, 0.4) is 0 Å². The number of fused-ring (bicyclic) bond motifs is 1. The van der Waals surface area contributed by atoms with E-state index in [1.165, 1.54) is 0 Å². The fraction of sp³-hybridized carbons (Fsp3) is 0.154. The summed E-state index contributed by atoms with van der Waals surface area (Å²) in [6, 6.07) is 7.64. The van der Waals surface area contributed by atoms with E-state index in [2.05, 4.69) is 20.3 Å². The predicted molar refractivity (Wildman–Crippen MR) is 74.5 cm³/mol. The van der Waals surface area contributed by atoms with Gasteiger partial charge in [0.15, 0.2) is 11.6 Å². The molecule has 0 amide bonds. The maximum absolute atomic E-state index is 5.90. The molecule has 3 N–H and O–H groups in total. The molecule has 0 aliphatic carbocycles. The third-order valence-electron chi connectivity index (χ3n) is 2.93. The first-order valence-electron chi connectivity index (χ1n) is 5.96. The van der Waals surface area contributed by atoms with Crippen molar-refractivity contribution in [2.24, 2.45) is 7.05 Å². The van der Waals surface area contributed by atoms with E-state index in [1.807, 2.05) is 42.1 Å². The fourth-order valence-electron chi connectivity index (χ4n) is 1.87. The number of hydrogen-bond donors (Lipinski definition) is 2. The lowest BCUT2D eigenvalue weighted by Gasteiger charge is -2.08. The van der Waals surface area contributed by atoms with Crippen molar-refractivity contribution in [1.82, 2.24) is 19.5 Å². The predicted octanol–water partition coefficient (Wildman–Crippen LogP) is 1.56. The van der Waals surface area contributed by atoms with Crippen LogP contribution in [0.25, 0.3) is 11.0 Å². The van der Waals surface area contributed by atoms with Gasteiger partial charge in [0.2, 0.25) is 0 Å². The summed E-state index contributed by atoms with van der Waals surface area (Å²) in [5.41, 5.74) is 7.51. The number of aromatic nitrogens is 4. The molecule has 0 saturated heterocycles. The van der Waals surface area contributed by atoms with Crippen molar-refractivity contribution in [1.29, 1.82) is 0 Å². The Hall–Kier alpha value is -2.63. The summed E-state index contributed by atoms with van der Waals surface area (Å²) in [7, 11) is 1.94. The van der Waals surface area contributed by atoms with Crippen LogP contribution in [0.15, 0.2) is 36.7 Å². The van der Waals surface area contributed by atoms with Crippen molar-refractivity contribution in [3.05, 3.63) is 42.5 Å². The lowest BCUT2D eigenvalue weighted by molar-refractivity contribution is 0.811. The van der Waals surface area contributed by atoms with E-state index in [0.29, 0.717) is 18.2 Å². The Bertz CT molecular complexity index is 718. The number of nitrogens with one attached hydrogen (secondary N) is 1. The van der Waals surface area contributed by atoms with E-state index in [4.69, 9.17) is 5.73 Å². The molecule has 0 atom stereocenters. The first kappa shape index (κ1) is 11.5. The van der Waals surface area contributed by atoms with Crippen molar-refractivity contribution in [2.75, 3.05) is 11.1 Å². The molecule has 1 aromatic carbocycles. The maximum Gasteiger partial charge on any atom is 0.169 e. The van der Waals surface area contributed by atoms with Gasteiger partial charge in [0.05, 0.1) is 17.6 Å². The van der Waals surface area contributed by atoms with Gasteiger partial charge in [0, 0.05) is 19.4 Å². The van der Waals surface area contributed by atoms with Crippen LogP contribution in [-0.2, 0) is 13.6 Å². The number of aryl methyl sites for hydroxylation is 1. The highest BCUT2D eigenvalue weighted by molar-refractivity contribution is 5.79. The molecule has 0 radical (unpaired) electrons. The number of imidazole rings is 1. The Morgan fingerprint density at radius 1 is 1.21 bits per heavy atom. The molecule has 19 heavy (non-hydrogen) atoms. The lowest BCUT2D eigenvalue weighted by atomic mass is 10.3. The summed E-state index contributed by atoms with van der Waals surface area (Å²) >= 11 is 0. The number of benzene rings is 1. The van der Waals surface area contributed by atoms with Gasteiger partial charge in [-0.25, -0.2) is 15.0 Å². The van der Waals surface area contributed by atoms with Crippen LogP contribution in [0, 0.1) is 0 Å². The Kier molecular flexibility index (Phi) is 2.75. The van der Waals surface area contributed by atoms with Gasteiger partial charge in [-0.05, 0) is 12.1 Å².